The molecule has 84 valence electrons. The second-order valence-corrected chi connectivity index (χ2v) is 3.37. The number of nitrogens with one attached hydrogen (secondary N) is 4. The Balaban J connectivity index is 2.75. The molecule has 0 aliphatic rings. The normalized spacial score (nSPS) is 9.38. The van der Waals surface area contributed by atoms with Crippen LogP contribution in [0.2, 0.25) is 0 Å². The number of amidine groups is 2. The Morgan fingerprint density at radius 3 is 2.19 bits per heavy atom. The molecule has 0 heterocycles. The first kappa shape index (κ1) is 11.9. The van der Waals surface area contributed by atoms with E-state index in [2.05, 4.69) is 5.32 Å². The van der Waals surface area contributed by atoms with Gasteiger partial charge in [-0.2, -0.15) is 0 Å². The Kier molecular flexibility index (Phi) is 3.77. The highest BCUT2D eigenvalue weighted by Crippen LogP contribution is 2.02. The molecule has 16 heavy (non-hydrogen) atoms. The van der Waals surface area contributed by atoms with E-state index in [9.17, 15) is 0 Å². The Hall–Kier alpha value is -2.17. The molecule has 0 radical (unpaired) electrons. The maximum atomic E-state index is 7.89. The van der Waals surface area contributed by atoms with Crippen LogP contribution in [0.25, 0.3) is 0 Å². The highest BCUT2D eigenvalue weighted by Gasteiger charge is 2.11. The van der Waals surface area contributed by atoms with Gasteiger partial charge in [-0.3, -0.25) is 16.2 Å². The van der Waals surface area contributed by atoms with Crippen LogP contribution in [0.1, 0.15) is 12.5 Å². The molecule has 5 nitrogen and oxygen atoms in total. The predicted molar refractivity (Wildman–Crippen MR) is 65.3 cm³/mol. The zero-order chi connectivity index (χ0) is 12.1. The minimum absolute atomic E-state index is 0.0151. The molecule has 0 saturated heterocycles. The first-order chi connectivity index (χ1) is 7.52. The van der Waals surface area contributed by atoms with Gasteiger partial charge < -0.3 is 10.2 Å². The Bertz CT molecular complexity index is 410. The van der Waals surface area contributed by atoms with Crippen LogP contribution < -0.4 is 5.32 Å². The highest BCUT2D eigenvalue weighted by molar-refractivity contribution is 6.09. The quantitative estimate of drug-likeness (QED) is 0.424. The lowest BCUT2D eigenvalue weighted by Gasteiger charge is -2.21. The van der Waals surface area contributed by atoms with Crippen molar-refractivity contribution >= 4 is 17.6 Å². The molecular weight excluding hydrogens is 202 g/mol. The smallest absolute Gasteiger partial charge is 0.201 e. The van der Waals surface area contributed by atoms with Crippen LogP contribution in [0.15, 0.2) is 30.3 Å². The van der Waals surface area contributed by atoms with Crippen molar-refractivity contribution in [1.82, 2.24) is 10.2 Å². The van der Waals surface area contributed by atoms with Crippen molar-refractivity contribution in [3.63, 3.8) is 0 Å². The summed E-state index contributed by atoms with van der Waals surface area (Å²) in [7, 11) is 1.62. The summed E-state index contributed by atoms with van der Waals surface area (Å²) in [5.41, 5.74) is 0.735. The number of rotatable bonds is 1. The second kappa shape index (κ2) is 5.06. The molecule has 0 atom stereocenters. The first-order valence-electron chi connectivity index (χ1n) is 4.81. The standard InChI is InChI=1S/C11H15N5/c1-8(12)15-11(14)16(2)10(13)9-6-4-3-5-7-9/h3-7,13H,1-2H3,(H3,12,14,15). The fraction of sp³-hybridized carbons (Fsp3) is 0.182. The minimum atomic E-state index is 0.0151. The van der Waals surface area contributed by atoms with Crippen LogP contribution in [0.4, 0.5) is 0 Å². The molecule has 1 rings (SSSR count). The van der Waals surface area contributed by atoms with E-state index in [0.29, 0.717) is 0 Å². The maximum Gasteiger partial charge on any atom is 0.201 e. The lowest BCUT2D eigenvalue weighted by molar-refractivity contribution is 0.714. The molecule has 5 heteroatoms. The monoisotopic (exact) mass is 217 g/mol. The van der Waals surface area contributed by atoms with Crippen molar-refractivity contribution in [3.8, 4) is 0 Å². The summed E-state index contributed by atoms with van der Waals surface area (Å²) in [4.78, 5) is 1.38. The second-order valence-electron chi connectivity index (χ2n) is 3.37. The average molecular weight is 217 g/mol. The molecule has 0 aromatic heterocycles. The molecule has 0 amide bonds. The SMILES string of the molecule is CC(=N)NC(=N)N(C)C(=N)c1ccccc1. The van der Waals surface area contributed by atoms with Crippen LogP contribution in [0, 0.1) is 16.2 Å². The Labute approximate surface area is 94.6 Å². The van der Waals surface area contributed by atoms with Crippen LogP contribution in [0.5, 0.6) is 0 Å². The zero-order valence-electron chi connectivity index (χ0n) is 9.33. The molecule has 4 N–H and O–H groups in total. The summed E-state index contributed by atoms with van der Waals surface area (Å²) >= 11 is 0. The van der Waals surface area contributed by atoms with Crippen LogP contribution >= 0.6 is 0 Å². The van der Waals surface area contributed by atoms with E-state index in [4.69, 9.17) is 16.2 Å². The molecule has 0 unspecified atom stereocenters. The third kappa shape index (κ3) is 2.91. The fourth-order valence-electron chi connectivity index (χ4n) is 1.16. The van der Waals surface area contributed by atoms with Crippen LogP contribution in [-0.4, -0.2) is 29.6 Å². The molecular formula is C11H15N5. The van der Waals surface area contributed by atoms with Crippen LogP contribution in [-0.2, 0) is 0 Å². The Morgan fingerprint density at radius 2 is 1.69 bits per heavy atom. The summed E-state index contributed by atoms with van der Waals surface area (Å²) in [5, 5.41) is 25.3. The van der Waals surface area contributed by atoms with Crippen molar-refractivity contribution in [3.05, 3.63) is 35.9 Å². The molecule has 0 fully saturated rings. The van der Waals surface area contributed by atoms with Crippen molar-refractivity contribution < 1.29 is 0 Å². The van der Waals surface area contributed by atoms with Gasteiger partial charge in [0.05, 0.1) is 5.84 Å². The van der Waals surface area contributed by atoms with E-state index in [1.807, 2.05) is 30.3 Å². The summed E-state index contributed by atoms with van der Waals surface area (Å²) in [5.74, 6) is 0.415. The summed E-state index contributed by atoms with van der Waals surface area (Å²) in [6.07, 6.45) is 0. The lowest BCUT2D eigenvalue weighted by atomic mass is 10.2. The van der Waals surface area contributed by atoms with Gasteiger partial charge in [-0.1, -0.05) is 30.3 Å². The number of hydrogen-bond acceptors (Lipinski definition) is 3. The highest BCUT2D eigenvalue weighted by atomic mass is 15.3. The van der Waals surface area contributed by atoms with Gasteiger partial charge in [-0.05, 0) is 6.92 Å². The van der Waals surface area contributed by atoms with Gasteiger partial charge in [0.25, 0.3) is 0 Å². The van der Waals surface area contributed by atoms with Crippen molar-refractivity contribution in [2.24, 2.45) is 0 Å². The third-order valence-corrected chi connectivity index (χ3v) is 2.02. The number of nitrogens with zero attached hydrogens (tertiary/aromatic N) is 1. The van der Waals surface area contributed by atoms with E-state index in [0.717, 1.165) is 5.56 Å². The summed E-state index contributed by atoms with van der Waals surface area (Å²) in [6.45, 7) is 1.55. The van der Waals surface area contributed by atoms with Gasteiger partial charge in [0, 0.05) is 12.6 Å². The van der Waals surface area contributed by atoms with E-state index >= 15 is 0 Å². The average Bonchev–Trinajstić information content (AvgIpc) is 2.27. The number of hydrogen-bond donors (Lipinski definition) is 4. The van der Waals surface area contributed by atoms with E-state index < -0.39 is 0 Å². The zero-order valence-corrected chi connectivity index (χ0v) is 9.33. The molecule has 1 aromatic rings. The van der Waals surface area contributed by atoms with Gasteiger partial charge in [0.15, 0.2) is 0 Å². The van der Waals surface area contributed by atoms with Crippen LogP contribution in [0.3, 0.4) is 0 Å². The molecule has 1 aromatic carbocycles. The van der Waals surface area contributed by atoms with Gasteiger partial charge in [-0.25, -0.2) is 0 Å². The first-order valence-corrected chi connectivity index (χ1v) is 4.81. The number of benzene rings is 1. The van der Waals surface area contributed by atoms with Crippen molar-refractivity contribution in [2.45, 2.75) is 6.92 Å². The third-order valence-electron chi connectivity index (χ3n) is 2.02. The van der Waals surface area contributed by atoms with Crippen molar-refractivity contribution in [2.75, 3.05) is 7.05 Å². The molecule has 0 spiro atoms. The minimum Gasteiger partial charge on any atom is -0.315 e. The topological polar surface area (TPSA) is 86.8 Å². The van der Waals surface area contributed by atoms with Gasteiger partial charge in [0.2, 0.25) is 5.96 Å². The van der Waals surface area contributed by atoms with Gasteiger partial charge >= 0.3 is 0 Å². The molecule has 0 saturated carbocycles. The molecule has 0 aliphatic heterocycles. The van der Waals surface area contributed by atoms with Gasteiger partial charge in [-0.15, -0.1) is 0 Å². The largest absolute Gasteiger partial charge is 0.315 e. The van der Waals surface area contributed by atoms with E-state index in [1.165, 1.54) is 4.90 Å². The predicted octanol–water partition coefficient (Wildman–Crippen LogP) is 1.47. The summed E-state index contributed by atoms with van der Waals surface area (Å²) < 4.78 is 0. The maximum absolute atomic E-state index is 7.89. The summed E-state index contributed by atoms with van der Waals surface area (Å²) in [6, 6.07) is 9.18. The van der Waals surface area contributed by atoms with E-state index in [1.54, 1.807) is 14.0 Å². The molecule has 0 aliphatic carbocycles. The Morgan fingerprint density at radius 1 is 1.12 bits per heavy atom. The van der Waals surface area contributed by atoms with Gasteiger partial charge in [0.1, 0.15) is 5.84 Å². The number of guanidine groups is 1. The van der Waals surface area contributed by atoms with Crippen molar-refractivity contribution in [1.29, 1.82) is 16.2 Å². The lowest BCUT2D eigenvalue weighted by Crippen LogP contribution is -2.43. The van der Waals surface area contributed by atoms with E-state index in [-0.39, 0.29) is 17.6 Å². The molecule has 0 bridgehead atoms. The fourth-order valence-corrected chi connectivity index (χ4v) is 1.16.